The Kier molecular flexibility index (Phi) is 5.13. The van der Waals surface area contributed by atoms with Crippen molar-refractivity contribution in [3.8, 4) is 5.75 Å². The first kappa shape index (κ1) is 15.3. The largest absolute Gasteiger partial charge is 0.508 e. The van der Waals surface area contributed by atoms with Gasteiger partial charge in [-0.25, -0.2) is 5.48 Å². The smallest absolute Gasteiger partial charge is 0.414 e. The Bertz CT molecular complexity index is 420. The van der Waals surface area contributed by atoms with Gasteiger partial charge >= 0.3 is 6.18 Å². The van der Waals surface area contributed by atoms with E-state index in [4.69, 9.17) is 10.8 Å². The molecular formula is C11H13F3N2O3. The van der Waals surface area contributed by atoms with Crippen LogP contribution in [0, 0.1) is 0 Å². The number of aromatic hydroxyl groups is 1. The van der Waals surface area contributed by atoms with Crippen LogP contribution in [0.1, 0.15) is 5.56 Å². The van der Waals surface area contributed by atoms with E-state index in [1.54, 1.807) is 17.6 Å². The summed E-state index contributed by atoms with van der Waals surface area (Å²) in [6.07, 6.45) is -4.41. The summed E-state index contributed by atoms with van der Waals surface area (Å²) in [5.41, 5.74) is 7.80. The molecule has 0 saturated heterocycles. The van der Waals surface area contributed by atoms with Crippen molar-refractivity contribution in [1.82, 2.24) is 5.48 Å². The summed E-state index contributed by atoms with van der Waals surface area (Å²) in [5, 5.41) is 9.06. The summed E-state index contributed by atoms with van der Waals surface area (Å²) in [6, 6.07) is 4.90. The number of benzene rings is 1. The molecule has 19 heavy (non-hydrogen) atoms. The number of hydroxylamine groups is 1. The molecule has 1 aromatic carbocycles. The number of carbonyl (C=O) groups is 1. The van der Waals surface area contributed by atoms with E-state index in [0.29, 0.717) is 5.56 Å². The molecule has 0 aliphatic carbocycles. The van der Waals surface area contributed by atoms with Crippen LogP contribution in [0.5, 0.6) is 5.75 Å². The Hall–Kier alpha value is -1.80. The number of halogens is 3. The van der Waals surface area contributed by atoms with E-state index in [2.05, 4.69) is 4.84 Å². The molecule has 0 aliphatic rings. The van der Waals surface area contributed by atoms with Gasteiger partial charge in [-0.1, -0.05) is 12.1 Å². The molecule has 0 fully saturated rings. The highest BCUT2D eigenvalue weighted by molar-refractivity contribution is 5.80. The van der Waals surface area contributed by atoms with Gasteiger partial charge in [0.1, 0.15) is 5.75 Å². The topological polar surface area (TPSA) is 84.6 Å². The van der Waals surface area contributed by atoms with Crippen LogP contribution < -0.4 is 11.2 Å². The molecule has 0 spiro atoms. The number of amides is 1. The lowest BCUT2D eigenvalue weighted by Crippen LogP contribution is -2.43. The number of phenolic OH excluding ortho intramolecular Hbond substituents is 1. The third kappa shape index (κ3) is 6.07. The van der Waals surface area contributed by atoms with Crippen LogP contribution >= 0.6 is 0 Å². The van der Waals surface area contributed by atoms with Crippen molar-refractivity contribution in [3.05, 3.63) is 29.8 Å². The first-order valence-electron chi connectivity index (χ1n) is 5.30. The molecule has 0 radical (unpaired) electrons. The number of nitrogens with one attached hydrogen (secondary N) is 1. The number of phenols is 1. The number of nitrogens with two attached hydrogens (primary N) is 1. The Balaban J connectivity index is 2.38. The molecule has 1 atom stereocenters. The van der Waals surface area contributed by atoms with Gasteiger partial charge in [-0.2, -0.15) is 13.2 Å². The Morgan fingerprint density at radius 1 is 1.37 bits per heavy atom. The average Bonchev–Trinajstić information content (AvgIpc) is 2.30. The molecule has 1 amide bonds. The highest BCUT2D eigenvalue weighted by Gasteiger charge is 2.28. The van der Waals surface area contributed by atoms with E-state index >= 15 is 0 Å². The van der Waals surface area contributed by atoms with E-state index in [-0.39, 0.29) is 12.2 Å². The number of carbonyl (C=O) groups excluding carboxylic acids is 1. The molecule has 0 saturated carbocycles. The minimum Gasteiger partial charge on any atom is -0.508 e. The second-order valence-corrected chi connectivity index (χ2v) is 3.85. The summed E-state index contributed by atoms with van der Waals surface area (Å²) in [5.74, 6) is -0.785. The molecule has 106 valence electrons. The van der Waals surface area contributed by atoms with E-state index in [1.807, 2.05) is 0 Å². The summed E-state index contributed by atoms with van der Waals surface area (Å²) < 4.78 is 35.3. The predicted molar refractivity (Wildman–Crippen MR) is 59.9 cm³/mol. The number of rotatable bonds is 5. The van der Waals surface area contributed by atoms with Crippen LogP contribution in [0.3, 0.4) is 0 Å². The predicted octanol–water partition coefficient (Wildman–Crippen LogP) is 0.872. The lowest BCUT2D eigenvalue weighted by atomic mass is 10.1. The minimum absolute atomic E-state index is 0.0651. The molecule has 0 aliphatic heterocycles. The van der Waals surface area contributed by atoms with Crippen molar-refractivity contribution < 1.29 is 27.9 Å². The maximum atomic E-state index is 11.8. The van der Waals surface area contributed by atoms with Crippen LogP contribution in [-0.2, 0) is 16.1 Å². The summed E-state index contributed by atoms with van der Waals surface area (Å²) in [6.45, 7) is -1.58. The average molecular weight is 278 g/mol. The molecule has 8 heteroatoms. The zero-order valence-corrected chi connectivity index (χ0v) is 9.78. The fraction of sp³-hybridized carbons (Fsp3) is 0.364. The monoisotopic (exact) mass is 278 g/mol. The number of hydrogen-bond donors (Lipinski definition) is 3. The highest BCUT2D eigenvalue weighted by atomic mass is 19.4. The normalized spacial score (nSPS) is 13.1. The molecular weight excluding hydrogens is 265 g/mol. The summed E-state index contributed by atoms with van der Waals surface area (Å²) >= 11 is 0. The lowest BCUT2D eigenvalue weighted by molar-refractivity contribution is -0.192. The SMILES string of the molecule is N[C@@H](Cc1ccc(O)cc1)C(=O)NOCC(F)(F)F. The van der Waals surface area contributed by atoms with Crippen LogP contribution in [-0.4, -0.2) is 29.8 Å². The van der Waals surface area contributed by atoms with Gasteiger partial charge < -0.3 is 10.8 Å². The quantitative estimate of drug-likeness (QED) is 0.698. The molecule has 0 bridgehead atoms. The van der Waals surface area contributed by atoms with Crippen LogP contribution in [0.4, 0.5) is 13.2 Å². The molecule has 1 rings (SSSR count). The van der Waals surface area contributed by atoms with Gasteiger partial charge in [-0.05, 0) is 24.1 Å². The van der Waals surface area contributed by atoms with Gasteiger partial charge in [0.05, 0.1) is 6.04 Å². The first-order valence-corrected chi connectivity index (χ1v) is 5.30. The maximum absolute atomic E-state index is 11.8. The van der Waals surface area contributed by atoms with Crippen molar-refractivity contribution >= 4 is 5.91 Å². The van der Waals surface area contributed by atoms with Crippen molar-refractivity contribution in [2.45, 2.75) is 18.6 Å². The van der Waals surface area contributed by atoms with Gasteiger partial charge in [-0.15, -0.1) is 0 Å². The summed E-state index contributed by atoms with van der Waals surface area (Å²) in [4.78, 5) is 15.3. The van der Waals surface area contributed by atoms with Crippen molar-refractivity contribution in [3.63, 3.8) is 0 Å². The van der Waals surface area contributed by atoms with Crippen LogP contribution in [0.2, 0.25) is 0 Å². The van der Waals surface area contributed by atoms with Gasteiger partial charge in [0.2, 0.25) is 0 Å². The fourth-order valence-corrected chi connectivity index (χ4v) is 1.24. The Labute approximate surface area is 107 Å². The van der Waals surface area contributed by atoms with Crippen LogP contribution in [0.25, 0.3) is 0 Å². The molecule has 0 heterocycles. The first-order chi connectivity index (χ1) is 8.78. The maximum Gasteiger partial charge on any atom is 0.414 e. The van der Waals surface area contributed by atoms with E-state index in [1.165, 1.54) is 12.1 Å². The summed E-state index contributed by atoms with van der Waals surface area (Å²) in [7, 11) is 0. The second-order valence-electron chi connectivity index (χ2n) is 3.85. The molecule has 1 aromatic rings. The number of hydrogen-bond acceptors (Lipinski definition) is 4. The van der Waals surface area contributed by atoms with Gasteiger partial charge in [0.25, 0.3) is 5.91 Å². The third-order valence-electron chi connectivity index (χ3n) is 2.14. The fourth-order valence-electron chi connectivity index (χ4n) is 1.24. The molecule has 4 N–H and O–H groups in total. The Morgan fingerprint density at radius 3 is 2.47 bits per heavy atom. The second kappa shape index (κ2) is 6.39. The van der Waals surface area contributed by atoms with Gasteiger partial charge in [-0.3, -0.25) is 9.63 Å². The van der Waals surface area contributed by atoms with Crippen molar-refractivity contribution in [2.75, 3.05) is 6.61 Å². The zero-order valence-electron chi connectivity index (χ0n) is 9.78. The van der Waals surface area contributed by atoms with Crippen molar-refractivity contribution in [1.29, 1.82) is 0 Å². The van der Waals surface area contributed by atoms with Gasteiger partial charge in [0.15, 0.2) is 6.61 Å². The van der Waals surface area contributed by atoms with E-state index < -0.39 is 24.7 Å². The standard InChI is InChI=1S/C11H13F3N2O3/c12-11(13,14)6-19-16-10(18)9(15)5-7-1-3-8(17)4-2-7/h1-4,9,17H,5-6,15H2,(H,16,18)/t9-/m0/s1. The van der Waals surface area contributed by atoms with Crippen molar-refractivity contribution in [2.24, 2.45) is 5.73 Å². The zero-order chi connectivity index (χ0) is 14.5. The van der Waals surface area contributed by atoms with E-state index in [9.17, 15) is 18.0 Å². The van der Waals surface area contributed by atoms with Gasteiger partial charge in [0, 0.05) is 0 Å². The van der Waals surface area contributed by atoms with E-state index in [0.717, 1.165) is 0 Å². The molecule has 5 nitrogen and oxygen atoms in total. The number of alkyl halides is 3. The highest BCUT2D eigenvalue weighted by Crippen LogP contribution is 2.14. The van der Waals surface area contributed by atoms with Crippen LogP contribution in [0.15, 0.2) is 24.3 Å². The Morgan fingerprint density at radius 2 is 1.95 bits per heavy atom. The third-order valence-corrected chi connectivity index (χ3v) is 2.14. The lowest BCUT2D eigenvalue weighted by Gasteiger charge is -2.13. The molecule has 0 aromatic heterocycles. The molecule has 0 unspecified atom stereocenters. The minimum atomic E-state index is -4.52.